The van der Waals surface area contributed by atoms with Gasteiger partial charge in [-0.1, -0.05) is 40.9 Å². The summed E-state index contributed by atoms with van der Waals surface area (Å²) >= 11 is 17.2. The number of amides is 3. The van der Waals surface area contributed by atoms with Crippen LogP contribution in [0.5, 0.6) is 0 Å². The Labute approximate surface area is 161 Å². The van der Waals surface area contributed by atoms with Gasteiger partial charge in [-0.15, -0.1) is 0 Å². The van der Waals surface area contributed by atoms with Gasteiger partial charge in [-0.25, -0.2) is 14.7 Å². The summed E-state index contributed by atoms with van der Waals surface area (Å²) in [6.45, 7) is 0. The molecule has 0 bridgehead atoms. The van der Waals surface area contributed by atoms with Crippen LogP contribution in [0.2, 0.25) is 0 Å². The minimum Gasteiger partial charge on any atom is -0.295 e. The molecule has 6 nitrogen and oxygen atoms in total. The standard InChI is InChI=1S/C14H12Cl3F3N4O2/c1-21-11(13(15,16)17)22-9-10(25)24(12(26)23(9)2)8-5-3-4-7(6-8)14(18,19)20/h3-6,11,21H,1-2H3. The van der Waals surface area contributed by atoms with E-state index < -0.39 is 33.6 Å². The number of likely N-dealkylation sites (N-methyl/N-ethyl adjacent to an activating group) is 1. The molecule has 0 aromatic heterocycles. The molecule has 0 saturated carbocycles. The number of alkyl halides is 6. The summed E-state index contributed by atoms with van der Waals surface area (Å²) in [6, 6.07) is 2.93. The molecule has 0 radical (unpaired) electrons. The molecule has 1 fully saturated rings. The van der Waals surface area contributed by atoms with Crippen molar-refractivity contribution in [2.24, 2.45) is 4.99 Å². The molecule has 12 heteroatoms. The predicted molar refractivity (Wildman–Crippen MR) is 92.7 cm³/mol. The average Bonchev–Trinajstić information content (AvgIpc) is 2.73. The number of nitrogens with zero attached hydrogens (tertiary/aromatic N) is 3. The molecule has 1 aromatic carbocycles. The van der Waals surface area contributed by atoms with Crippen LogP contribution in [0.25, 0.3) is 0 Å². The Kier molecular flexibility index (Phi) is 5.77. The van der Waals surface area contributed by atoms with Crippen molar-refractivity contribution in [1.82, 2.24) is 10.2 Å². The Morgan fingerprint density at radius 1 is 1.19 bits per heavy atom. The number of aliphatic imine (C=N–C) groups is 1. The first-order valence-electron chi connectivity index (χ1n) is 6.99. The molecule has 2 rings (SSSR count). The van der Waals surface area contributed by atoms with Crippen molar-refractivity contribution in [3.63, 3.8) is 0 Å². The zero-order valence-corrected chi connectivity index (χ0v) is 15.6. The molecule has 142 valence electrons. The van der Waals surface area contributed by atoms with E-state index in [1.54, 1.807) is 0 Å². The molecule has 1 N–H and O–H groups in total. The van der Waals surface area contributed by atoms with E-state index in [1.807, 2.05) is 0 Å². The van der Waals surface area contributed by atoms with E-state index in [1.165, 1.54) is 20.2 Å². The van der Waals surface area contributed by atoms with Crippen LogP contribution in [0.4, 0.5) is 23.7 Å². The molecule has 1 heterocycles. The predicted octanol–water partition coefficient (Wildman–Crippen LogP) is 3.42. The number of imide groups is 1. The fourth-order valence-electron chi connectivity index (χ4n) is 2.19. The zero-order chi connectivity index (χ0) is 19.9. The number of carbonyl (C=O) groups excluding carboxylic acids is 2. The van der Waals surface area contributed by atoms with E-state index in [9.17, 15) is 22.8 Å². The number of hydrogen-bond acceptors (Lipinski definition) is 4. The molecular formula is C14H12Cl3F3N4O2. The number of carbonyl (C=O) groups is 2. The summed E-state index contributed by atoms with van der Waals surface area (Å²) in [6.07, 6.45) is -5.79. The highest BCUT2D eigenvalue weighted by atomic mass is 35.6. The maximum atomic E-state index is 12.9. The molecule has 1 unspecified atom stereocenters. The van der Waals surface area contributed by atoms with Gasteiger partial charge in [0.2, 0.25) is 9.63 Å². The molecule has 0 aliphatic carbocycles. The van der Waals surface area contributed by atoms with Crippen LogP contribution in [-0.2, 0) is 11.0 Å². The van der Waals surface area contributed by atoms with Gasteiger partial charge in [0.1, 0.15) is 6.17 Å². The van der Waals surface area contributed by atoms with Crippen molar-refractivity contribution in [3.8, 4) is 0 Å². The number of rotatable bonds is 3. The Morgan fingerprint density at radius 3 is 2.31 bits per heavy atom. The molecule has 0 spiro atoms. The van der Waals surface area contributed by atoms with Crippen LogP contribution in [-0.4, -0.2) is 46.7 Å². The third kappa shape index (κ3) is 4.06. The number of anilines is 1. The second-order valence-electron chi connectivity index (χ2n) is 5.22. The first-order chi connectivity index (χ1) is 11.9. The third-order valence-electron chi connectivity index (χ3n) is 3.46. The lowest BCUT2D eigenvalue weighted by Gasteiger charge is -2.20. The average molecular weight is 432 g/mol. The molecule has 3 amide bonds. The molecule has 1 aliphatic rings. The van der Waals surface area contributed by atoms with Gasteiger partial charge < -0.3 is 0 Å². The quantitative estimate of drug-likeness (QED) is 0.589. The van der Waals surface area contributed by atoms with E-state index in [2.05, 4.69) is 10.3 Å². The summed E-state index contributed by atoms with van der Waals surface area (Å²) in [5.41, 5.74) is -1.25. The van der Waals surface area contributed by atoms with Gasteiger partial charge in [-0.3, -0.25) is 15.0 Å². The van der Waals surface area contributed by atoms with Crippen LogP contribution >= 0.6 is 34.8 Å². The number of urea groups is 1. The summed E-state index contributed by atoms with van der Waals surface area (Å²) in [4.78, 5) is 30.3. The van der Waals surface area contributed by atoms with Crippen molar-refractivity contribution in [1.29, 1.82) is 0 Å². The Balaban J connectivity index is 2.45. The Hall–Kier alpha value is -1.55. The minimum absolute atomic E-state index is 0.248. The van der Waals surface area contributed by atoms with Crippen LogP contribution in [0.3, 0.4) is 0 Å². The van der Waals surface area contributed by atoms with Gasteiger partial charge in [-0.2, -0.15) is 13.2 Å². The molecular weight excluding hydrogens is 420 g/mol. The number of benzene rings is 1. The van der Waals surface area contributed by atoms with Crippen LogP contribution < -0.4 is 10.2 Å². The van der Waals surface area contributed by atoms with Crippen molar-refractivity contribution < 1.29 is 22.8 Å². The normalized spacial score (nSPS) is 18.8. The van der Waals surface area contributed by atoms with Gasteiger partial charge >= 0.3 is 18.1 Å². The van der Waals surface area contributed by atoms with E-state index in [0.717, 1.165) is 17.0 Å². The number of hydrogen-bond donors (Lipinski definition) is 1. The lowest BCUT2D eigenvalue weighted by molar-refractivity contribution is -0.137. The van der Waals surface area contributed by atoms with E-state index in [4.69, 9.17) is 34.8 Å². The highest BCUT2D eigenvalue weighted by Gasteiger charge is 2.44. The monoisotopic (exact) mass is 430 g/mol. The van der Waals surface area contributed by atoms with Crippen molar-refractivity contribution in [2.45, 2.75) is 16.1 Å². The van der Waals surface area contributed by atoms with Gasteiger partial charge in [-0.05, 0) is 25.2 Å². The van der Waals surface area contributed by atoms with Gasteiger partial charge in [0.15, 0.2) is 0 Å². The maximum Gasteiger partial charge on any atom is 0.416 e. The Bertz CT molecular complexity index is 765. The molecule has 1 saturated heterocycles. The first-order valence-corrected chi connectivity index (χ1v) is 8.12. The van der Waals surface area contributed by atoms with Crippen LogP contribution in [0.15, 0.2) is 29.3 Å². The molecule has 1 aliphatic heterocycles. The van der Waals surface area contributed by atoms with Gasteiger partial charge in [0.05, 0.1) is 11.3 Å². The van der Waals surface area contributed by atoms with E-state index in [-0.39, 0.29) is 11.5 Å². The summed E-state index contributed by atoms with van der Waals surface area (Å²) in [5, 5.41) is 2.57. The smallest absolute Gasteiger partial charge is 0.295 e. The minimum atomic E-state index is -4.63. The van der Waals surface area contributed by atoms with Gasteiger partial charge in [0.25, 0.3) is 0 Å². The lowest BCUT2D eigenvalue weighted by atomic mass is 10.2. The topological polar surface area (TPSA) is 65.0 Å². The fraction of sp³-hybridized carbons (Fsp3) is 0.357. The van der Waals surface area contributed by atoms with E-state index >= 15 is 0 Å². The molecule has 1 aromatic rings. The van der Waals surface area contributed by atoms with Crippen LogP contribution in [0, 0.1) is 0 Å². The van der Waals surface area contributed by atoms with Crippen molar-refractivity contribution in [3.05, 3.63) is 29.8 Å². The van der Waals surface area contributed by atoms with Crippen molar-refractivity contribution in [2.75, 3.05) is 19.0 Å². The SMILES string of the molecule is CNC(N=C1C(=O)N(c2cccc(C(F)(F)F)c2)C(=O)N1C)C(Cl)(Cl)Cl. The number of nitrogens with one attached hydrogen (secondary N) is 1. The lowest BCUT2D eigenvalue weighted by Crippen LogP contribution is -2.39. The first kappa shape index (κ1) is 20.8. The zero-order valence-electron chi connectivity index (χ0n) is 13.3. The Morgan fingerprint density at radius 2 is 1.81 bits per heavy atom. The summed E-state index contributed by atoms with van der Waals surface area (Å²) in [7, 11) is 2.65. The summed E-state index contributed by atoms with van der Waals surface area (Å²) in [5.74, 6) is -1.32. The number of amidine groups is 1. The van der Waals surface area contributed by atoms with Gasteiger partial charge in [0, 0.05) is 7.05 Å². The molecule has 1 atom stereocenters. The highest BCUT2D eigenvalue weighted by Crippen LogP contribution is 2.34. The maximum absolute atomic E-state index is 12.9. The third-order valence-corrected chi connectivity index (χ3v) is 4.08. The second-order valence-corrected chi connectivity index (χ2v) is 7.58. The summed E-state index contributed by atoms with van der Waals surface area (Å²) < 4.78 is 36.7. The molecule has 26 heavy (non-hydrogen) atoms. The second kappa shape index (κ2) is 7.22. The fourth-order valence-corrected chi connectivity index (χ4v) is 2.66. The van der Waals surface area contributed by atoms with Crippen LogP contribution in [0.1, 0.15) is 5.56 Å². The highest BCUT2D eigenvalue weighted by molar-refractivity contribution is 6.68. The number of halogens is 6. The largest absolute Gasteiger partial charge is 0.416 e. The van der Waals surface area contributed by atoms with E-state index in [0.29, 0.717) is 11.0 Å². The van der Waals surface area contributed by atoms with Crippen molar-refractivity contribution >= 4 is 58.3 Å².